The van der Waals surface area contributed by atoms with Gasteiger partial charge in [0.25, 0.3) is 0 Å². The first-order valence-electron chi connectivity index (χ1n) is 5.63. The van der Waals surface area contributed by atoms with Gasteiger partial charge >= 0.3 is 5.97 Å². The molecule has 0 bridgehead atoms. The van der Waals surface area contributed by atoms with Crippen LogP contribution in [0.2, 0.25) is 0 Å². The molecule has 0 unspecified atom stereocenters. The van der Waals surface area contributed by atoms with E-state index in [1.54, 1.807) is 30.5 Å². The molecule has 4 nitrogen and oxygen atoms in total. The molecule has 0 aliphatic carbocycles. The normalized spacial score (nSPS) is 10.8. The Kier molecular flexibility index (Phi) is 2.83. The highest BCUT2D eigenvalue weighted by atomic mass is 79.9. The third-order valence-corrected chi connectivity index (χ3v) is 3.59. The third-order valence-electron chi connectivity index (χ3n) is 2.92. The molecule has 0 fully saturated rings. The van der Waals surface area contributed by atoms with Crippen LogP contribution >= 0.6 is 15.9 Å². The van der Waals surface area contributed by atoms with Gasteiger partial charge in [-0.15, -0.1) is 0 Å². The van der Waals surface area contributed by atoms with Gasteiger partial charge in [-0.25, -0.2) is 9.78 Å². The highest BCUT2D eigenvalue weighted by Crippen LogP contribution is 2.26. The summed E-state index contributed by atoms with van der Waals surface area (Å²) in [5.74, 6) is -0.336. The standard InChI is InChI=1S/C14H9BrN2O2/c15-11-6-3-7-17-12(11)8-16-13(17)9-4-1-2-5-10(9)14(18)19/h1-8H,(H,18,19). The molecule has 1 N–H and O–H groups in total. The second kappa shape index (κ2) is 4.51. The average molecular weight is 317 g/mol. The van der Waals surface area contributed by atoms with Crippen LogP contribution in [-0.4, -0.2) is 20.5 Å². The lowest BCUT2D eigenvalue weighted by molar-refractivity contribution is 0.0697. The van der Waals surface area contributed by atoms with Crippen LogP contribution in [0.3, 0.4) is 0 Å². The molecule has 0 aliphatic heterocycles. The molecule has 94 valence electrons. The molecule has 2 aromatic heterocycles. The molecule has 0 spiro atoms. The molecule has 5 heteroatoms. The summed E-state index contributed by atoms with van der Waals surface area (Å²) >= 11 is 3.45. The van der Waals surface area contributed by atoms with Crippen LogP contribution in [0.5, 0.6) is 0 Å². The number of carbonyl (C=O) groups is 1. The van der Waals surface area contributed by atoms with Crippen molar-refractivity contribution in [1.82, 2.24) is 9.38 Å². The number of carboxylic acids is 1. The Bertz CT molecular complexity index is 780. The predicted octanol–water partition coefficient (Wildman–Crippen LogP) is 3.46. The van der Waals surface area contributed by atoms with Gasteiger partial charge in [0.1, 0.15) is 5.82 Å². The Morgan fingerprint density at radius 1 is 1.21 bits per heavy atom. The van der Waals surface area contributed by atoms with Gasteiger partial charge in [-0.3, -0.25) is 4.40 Å². The number of rotatable bonds is 2. The van der Waals surface area contributed by atoms with Crippen molar-refractivity contribution in [3.05, 3.63) is 58.8 Å². The average Bonchev–Trinajstić information content (AvgIpc) is 2.84. The first-order valence-corrected chi connectivity index (χ1v) is 6.42. The van der Waals surface area contributed by atoms with Gasteiger partial charge in [0.05, 0.1) is 17.3 Å². The zero-order valence-corrected chi connectivity index (χ0v) is 11.3. The highest BCUT2D eigenvalue weighted by molar-refractivity contribution is 9.10. The van der Waals surface area contributed by atoms with E-state index >= 15 is 0 Å². The van der Waals surface area contributed by atoms with Crippen molar-refractivity contribution in [2.75, 3.05) is 0 Å². The lowest BCUT2D eigenvalue weighted by atomic mass is 10.1. The van der Waals surface area contributed by atoms with Gasteiger partial charge < -0.3 is 5.11 Å². The van der Waals surface area contributed by atoms with Gasteiger partial charge in [0, 0.05) is 16.2 Å². The predicted molar refractivity (Wildman–Crippen MR) is 75.3 cm³/mol. The Labute approximate surface area is 117 Å². The maximum atomic E-state index is 11.3. The monoisotopic (exact) mass is 316 g/mol. The third kappa shape index (κ3) is 1.92. The summed E-state index contributed by atoms with van der Waals surface area (Å²) in [6.45, 7) is 0. The SMILES string of the molecule is O=C(O)c1ccccc1-c1ncc2c(Br)cccn12. The number of nitrogens with zero attached hydrogens (tertiary/aromatic N) is 2. The molecule has 0 radical (unpaired) electrons. The van der Waals surface area contributed by atoms with Gasteiger partial charge in [0.2, 0.25) is 0 Å². The molecule has 1 aromatic carbocycles. The molecule has 19 heavy (non-hydrogen) atoms. The second-order valence-corrected chi connectivity index (χ2v) is 4.90. The number of carboxylic acid groups (broad SMARTS) is 1. The van der Waals surface area contributed by atoms with Crippen molar-refractivity contribution in [2.24, 2.45) is 0 Å². The Morgan fingerprint density at radius 3 is 2.79 bits per heavy atom. The maximum absolute atomic E-state index is 11.3. The van der Waals surface area contributed by atoms with Crippen LogP contribution in [0.15, 0.2) is 53.3 Å². The molecular weight excluding hydrogens is 308 g/mol. The summed E-state index contributed by atoms with van der Waals surface area (Å²) < 4.78 is 2.79. The number of pyridine rings is 1. The summed E-state index contributed by atoms with van der Waals surface area (Å²) in [4.78, 5) is 15.6. The van der Waals surface area contributed by atoms with Crippen LogP contribution < -0.4 is 0 Å². The first kappa shape index (κ1) is 11.9. The fraction of sp³-hybridized carbons (Fsp3) is 0. The highest BCUT2D eigenvalue weighted by Gasteiger charge is 2.15. The van der Waals surface area contributed by atoms with E-state index in [1.807, 2.05) is 22.7 Å². The molecular formula is C14H9BrN2O2. The van der Waals surface area contributed by atoms with E-state index in [0.29, 0.717) is 11.4 Å². The quantitative estimate of drug-likeness (QED) is 0.787. The number of hydrogen-bond donors (Lipinski definition) is 1. The molecule has 0 aliphatic rings. The summed E-state index contributed by atoms with van der Waals surface area (Å²) in [5.41, 5.74) is 1.75. The zero-order valence-electron chi connectivity index (χ0n) is 9.75. The number of imidazole rings is 1. The molecule has 2 heterocycles. The van der Waals surface area contributed by atoms with E-state index in [2.05, 4.69) is 20.9 Å². The summed E-state index contributed by atoms with van der Waals surface area (Å²) in [6, 6.07) is 10.7. The number of fused-ring (bicyclic) bond motifs is 1. The van der Waals surface area contributed by atoms with E-state index in [-0.39, 0.29) is 5.56 Å². The number of aromatic nitrogens is 2. The number of aromatic carboxylic acids is 1. The fourth-order valence-corrected chi connectivity index (χ4v) is 2.50. The van der Waals surface area contributed by atoms with Crippen LogP contribution in [0.1, 0.15) is 10.4 Å². The van der Waals surface area contributed by atoms with Crippen molar-refractivity contribution >= 4 is 27.4 Å². The Balaban J connectivity index is 2.32. The molecule has 0 saturated heterocycles. The van der Waals surface area contributed by atoms with E-state index in [1.165, 1.54) is 0 Å². The Hall–Kier alpha value is -2.14. The minimum absolute atomic E-state index is 0.245. The summed E-state index contributed by atoms with van der Waals surface area (Å²) in [7, 11) is 0. The lowest BCUT2D eigenvalue weighted by Gasteiger charge is -2.05. The largest absolute Gasteiger partial charge is 0.478 e. The van der Waals surface area contributed by atoms with Crippen molar-refractivity contribution in [2.45, 2.75) is 0 Å². The lowest BCUT2D eigenvalue weighted by Crippen LogP contribution is -2.01. The molecule has 3 rings (SSSR count). The van der Waals surface area contributed by atoms with Crippen LogP contribution in [0.25, 0.3) is 16.9 Å². The first-order chi connectivity index (χ1) is 9.18. The van der Waals surface area contributed by atoms with Crippen LogP contribution in [0, 0.1) is 0 Å². The van der Waals surface area contributed by atoms with Gasteiger partial charge in [0.15, 0.2) is 0 Å². The van der Waals surface area contributed by atoms with Crippen molar-refractivity contribution in [1.29, 1.82) is 0 Å². The molecule has 3 aromatic rings. The second-order valence-electron chi connectivity index (χ2n) is 4.04. The minimum Gasteiger partial charge on any atom is -0.478 e. The van der Waals surface area contributed by atoms with E-state index in [9.17, 15) is 9.90 Å². The maximum Gasteiger partial charge on any atom is 0.336 e. The topological polar surface area (TPSA) is 54.6 Å². The van der Waals surface area contributed by atoms with E-state index in [0.717, 1.165) is 9.99 Å². The number of hydrogen-bond acceptors (Lipinski definition) is 2. The number of benzene rings is 1. The molecule has 0 atom stereocenters. The molecule has 0 amide bonds. The smallest absolute Gasteiger partial charge is 0.336 e. The van der Waals surface area contributed by atoms with Gasteiger partial charge in [-0.2, -0.15) is 0 Å². The minimum atomic E-state index is -0.956. The van der Waals surface area contributed by atoms with Gasteiger partial charge in [-0.05, 0) is 34.1 Å². The van der Waals surface area contributed by atoms with Crippen LogP contribution in [0.4, 0.5) is 0 Å². The molecule has 0 saturated carbocycles. The summed E-state index contributed by atoms with van der Waals surface area (Å²) in [5, 5.41) is 9.24. The van der Waals surface area contributed by atoms with E-state index in [4.69, 9.17) is 0 Å². The van der Waals surface area contributed by atoms with Gasteiger partial charge in [-0.1, -0.05) is 18.2 Å². The van der Waals surface area contributed by atoms with Crippen molar-refractivity contribution in [3.8, 4) is 11.4 Å². The fourth-order valence-electron chi connectivity index (χ4n) is 2.05. The van der Waals surface area contributed by atoms with E-state index < -0.39 is 5.97 Å². The zero-order chi connectivity index (χ0) is 13.4. The Morgan fingerprint density at radius 2 is 2.00 bits per heavy atom. The summed E-state index contributed by atoms with van der Waals surface area (Å²) in [6.07, 6.45) is 3.58. The number of halogens is 1. The van der Waals surface area contributed by atoms with Crippen molar-refractivity contribution < 1.29 is 9.90 Å². The van der Waals surface area contributed by atoms with Crippen LogP contribution in [-0.2, 0) is 0 Å². The van der Waals surface area contributed by atoms with Crippen molar-refractivity contribution in [3.63, 3.8) is 0 Å².